The van der Waals surface area contributed by atoms with Gasteiger partial charge in [-0.2, -0.15) is 10.2 Å². The highest BCUT2D eigenvalue weighted by Gasteiger charge is 2.16. The first-order valence-electron chi connectivity index (χ1n) is 8.66. The smallest absolute Gasteiger partial charge is 0.319 e. The van der Waals surface area contributed by atoms with E-state index in [2.05, 4.69) is 30.7 Å². The second-order valence-electron chi connectivity index (χ2n) is 6.35. The van der Waals surface area contributed by atoms with Gasteiger partial charge in [0, 0.05) is 23.9 Å². The number of urea groups is 1. The molecule has 0 bridgehead atoms. The second kappa shape index (κ2) is 7.25. The average Bonchev–Trinajstić information content (AvgIpc) is 3.32. The molecule has 0 saturated carbocycles. The van der Waals surface area contributed by atoms with Crippen LogP contribution < -0.4 is 15.5 Å². The molecule has 3 aromatic rings. The van der Waals surface area contributed by atoms with Gasteiger partial charge in [0.15, 0.2) is 5.13 Å². The molecule has 3 heterocycles. The van der Waals surface area contributed by atoms with Crippen LogP contribution in [0.3, 0.4) is 0 Å². The fourth-order valence-electron chi connectivity index (χ4n) is 3.04. The maximum atomic E-state index is 12.3. The van der Waals surface area contributed by atoms with Crippen molar-refractivity contribution >= 4 is 39.1 Å². The number of hydrogen-bond donors (Lipinski definition) is 2. The van der Waals surface area contributed by atoms with Gasteiger partial charge in [-0.15, -0.1) is 11.3 Å². The Kier molecular flexibility index (Phi) is 4.66. The van der Waals surface area contributed by atoms with E-state index in [4.69, 9.17) is 0 Å². The molecule has 26 heavy (non-hydrogen) atoms. The van der Waals surface area contributed by atoms with E-state index in [1.165, 1.54) is 12.8 Å². The molecule has 0 unspecified atom stereocenters. The number of fused-ring (bicyclic) bond motifs is 1. The van der Waals surface area contributed by atoms with E-state index in [1.807, 2.05) is 36.6 Å². The third kappa shape index (κ3) is 3.60. The molecule has 7 nitrogen and oxygen atoms in total. The minimum atomic E-state index is -0.261. The maximum absolute atomic E-state index is 12.3. The largest absolute Gasteiger partial charge is 0.348 e. The molecule has 2 aromatic heterocycles. The topological polar surface area (TPSA) is 83.0 Å². The SMILES string of the molecule is Cc1cc2c(NC(=O)NCc3csc(N4CCCC4)n3)cccc2nn1. The zero-order chi connectivity index (χ0) is 17.9. The first kappa shape index (κ1) is 16.7. The van der Waals surface area contributed by atoms with E-state index in [0.29, 0.717) is 12.2 Å². The second-order valence-corrected chi connectivity index (χ2v) is 7.18. The van der Waals surface area contributed by atoms with Crippen molar-refractivity contribution in [2.24, 2.45) is 0 Å². The van der Waals surface area contributed by atoms with E-state index in [1.54, 1.807) is 11.3 Å². The number of nitrogens with one attached hydrogen (secondary N) is 2. The lowest BCUT2D eigenvalue weighted by atomic mass is 10.2. The van der Waals surface area contributed by atoms with Gasteiger partial charge >= 0.3 is 6.03 Å². The minimum Gasteiger partial charge on any atom is -0.348 e. The van der Waals surface area contributed by atoms with Crippen molar-refractivity contribution in [1.29, 1.82) is 0 Å². The summed E-state index contributed by atoms with van der Waals surface area (Å²) in [7, 11) is 0. The summed E-state index contributed by atoms with van der Waals surface area (Å²) < 4.78 is 0. The molecule has 1 saturated heterocycles. The summed E-state index contributed by atoms with van der Waals surface area (Å²) in [6.07, 6.45) is 2.45. The van der Waals surface area contributed by atoms with Gasteiger partial charge in [-0.1, -0.05) is 6.07 Å². The van der Waals surface area contributed by atoms with Gasteiger partial charge < -0.3 is 15.5 Å². The molecular formula is C18H20N6OS. The van der Waals surface area contributed by atoms with Gasteiger partial charge in [0.2, 0.25) is 0 Å². The lowest BCUT2D eigenvalue weighted by molar-refractivity contribution is 0.251. The number of carbonyl (C=O) groups excluding carboxylic acids is 1. The molecule has 8 heteroatoms. The van der Waals surface area contributed by atoms with E-state index in [0.717, 1.165) is 40.5 Å². The number of rotatable bonds is 4. The van der Waals surface area contributed by atoms with Crippen LogP contribution in [-0.4, -0.2) is 34.3 Å². The summed E-state index contributed by atoms with van der Waals surface area (Å²) in [5, 5.41) is 17.9. The highest BCUT2D eigenvalue weighted by molar-refractivity contribution is 7.13. The van der Waals surface area contributed by atoms with E-state index >= 15 is 0 Å². The Labute approximate surface area is 155 Å². The number of aromatic nitrogens is 3. The fraction of sp³-hybridized carbons (Fsp3) is 0.333. The summed E-state index contributed by atoms with van der Waals surface area (Å²) in [5.74, 6) is 0. The van der Waals surface area contributed by atoms with E-state index in [-0.39, 0.29) is 6.03 Å². The standard InChI is InChI=1S/C18H20N6OS/c1-12-9-14-15(5-4-6-16(14)23-22-12)21-17(25)19-10-13-11-26-18(20-13)24-7-2-3-8-24/h4-6,9,11H,2-3,7-8,10H2,1H3,(H2,19,21,25). The highest BCUT2D eigenvalue weighted by Crippen LogP contribution is 2.24. The molecule has 1 aliphatic rings. The average molecular weight is 368 g/mol. The third-order valence-electron chi connectivity index (χ3n) is 4.35. The lowest BCUT2D eigenvalue weighted by Gasteiger charge is -2.12. The van der Waals surface area contributed by atoms with Crippen LogP contribution in [0.2, 0.25) is 0 Å². The van der Waals surface area contributed by atoms with Gasteiger partial charge in [0.05, 0.1) is 29.1 Å². The van der Waals surface area contributed by atoms with Gasteiger partial charge in [0.1, 0.15) is 0 Å². The molecule has 0 spiro atoms. The molecular weight excluding hydrogens is 348 g/mol. The predicted octanol–water partition coefficient (Wildman–Crippen LogP) is 3.32. The quantitative estimate of drug-likeness (QED) is 0.738. The normalized spacial score (nSPS) is 14.0. The number of thiazole rings is 1. The van der Waals surface area contributed by atoms with Gasteiger partial charge in [-0.25, -0.2) is 9.78 Å². The summed E-state index contributed by atoms with van der Waals surface area (Å²) in [6.45, 7) is 4.43. The van der Waals surface area contributed by atoms with Crippen LogP contribution in [0.1, 0.15) is 24.2 Å². The van der Waals surface area contributed by atoms with E-state index < -0.39 is 0 Å². The zero-order valence-corrected chi connectivity index (χ0v) is 15.3. The van der Waals surface area contributed by atoms with Crippen molar-refractivity contribution in [2.45, 2.75) is 26.3 Å². The van der Waals surface area contributed by atoms with Crippen LogP contribution in [0.4, 0.5) is 15.6 Å². The van der Waals surface area contributed by atoms with Gasteiger partial charge in [-0.3, -0.25) is 0 Å². The number of nitrogens with zero attached hydrogens (tertiary/aromatic N) is 4. The zero-order valence-electron chi connectivity index (χ0n) is 14.5. The van der Waals surface area contributed by atoms with Crippen LogP contribution in [0.5, 0.6) is 0 Å². The number of anilines is 2. The molecule has 1 fully saturated rings. The molecule has 4 rings (SSSR count). The maximum Gasteiger partial charge on any atom is 0.319 e. The van der Waals surface area contributed by atoms with Crippen LogP contribution >= 0.6 is 11.3 Å². The van der Waals surface area contributed by atoms with E-state index in [9.17, 15) is 4.79 Å². The molecule has 0 aliphatic carbocycles. The molecule has 0 atom stereocenters. The monoisotopic (exact) mass is 368 g/mol. The molecule has 2 N–H and O–H groups in total. The summed E-state index contributed by atoms with van der Waals surface area (Å²) in [4.78, 5) is 19.2. The van der Waals surface area contributed by atoms with Crippen molar-refractivity contribution in [3.8, 4) is 0 Å². The number of hydrogen-bond acceptors (Lipinski definition) is 6. The van der Waals surface area contributed by atoms with Crippen LogP contribution in [0, 0.1) is 6.92 Å². The first-order valence-corrected chi connectivity index (χ1v) is 9.54. The van der Waals surface area contributed by atoms with Crippen molar-refractivity contribution in [2.75, 3.05) is 23.3 Å². The molecule has 1 aromatic carbocycles. The van der Waals surface area contributed by atoms with Crippen LogP contribution in [0.15, 0.2) is 29.6 Å². The summed E-state index contributed by atoms with van der Waals surface area (Å²) >= 11 is 1.63. The first-order chi connectivity index (χ1) is 12.7. The predicted molar refractivity (Wildman–Crippen MR) is 104 cm³/mol. The highest BCUT2D eigenvalue weighted by atomic mass is 32.1. The van der Waals surface area contributed by atoms with Crippen molar-refractivity contribution in [3.63, 3.8) is 0 Å². The molecule has 1 aliphatic heterocycles. The molecule has 134 valence electrons. The van der Waals surface area contributed by atoms with Gasteiger partial charge in [0.25, 0.3) is 0 Å². The number of amides is 2. The van der Waals surface area contributed by atoms with Crippen LogP contribution in [0.25, 0.3) is 10.9 Å². The number of carbonyl (C=O) groups is 1. The van der Waals surface area contributed by atoms with Gasteiger partial charge in [-0.05, 0) is 38.0 Å². The molecule has 0 radical (unpaired) electrons. The Morgan fingerprint density at radius 2 is 2.12 bits per heavy atom. The Hall–Kier alpha value is -2.74. The lowest BCUT2D eigenvalue weighted by Crippen LogP contribution is -2.28. The fourth-order valence-corrected chi connectivity index (χ4v) is 3.92. The minimum absolute atomic E-state index is 0.261. The summed E-state index contributed by atoms with van der Waals surface area (Å²) in [6, 6.07) is 7.24. The Balaban J connectivity index is 1.39. The Bertz CT molecular complexity index is 934. The third-order valence-corrected chi connectivity index (χ3v) is 5.30. The Morgan fingerprint density at radius 3 is 2.96 bits per heavy atom. The molecule has 2 amide bonds. The number of benzene rings is 1. The summed E-state index contributed by atoms with van der Waals surface area (Å²) in [5.41, 5.74) is 3.16. The van der Waals surface area contributed by atoms with Crippen molar-refractivity contribution < 1.29 is 4.79 Å². The Morgan fingerprint density at radius 1 is 1.27 bits per heavy atom. The van der Waals surface area contributed by atoms with Crippen molar-refractivity contribution in [1.82, 2.24) is 20.5 Å². The number of aryl methyl sites for hydroxylation is 1. The van der Waals surface area contributed by atoms with Crippen LogP contribution in [-0.2, 0) is 6.54 Å². The van der Waals surface area contributed by atoms with Crippen molar-refractivity contribution in [3.05, 3.63) is 41.0 Å².